The molecular weight excluding hydrogens is 506 g/mol. The maximum absolute atomic E-state index is 14.0. The van der Waals surface area contributed by atoms with Crippen molar-refractivity contribution in [2.24, 2.45) is 0 Å². The number of benzene rings is 1. The molecule has 1 N–H and O–H groups in total. The second-order valence-corrected chi connectivity index (χ2v) is 12.3. The Kier molecular flexibility index (Phi) is 8.16. The number of amides is 2. The first-order valence-electron chi connectivity index (χ1n) is 14.7. The molecule has 39 heavy (non-hydrogen) atoms. The zero-order valence-electron chi connectivity index (χ0n) is 22.6. The van der Waals surface area contributed by atoms with E-state index >= 15 is 0 Å². The zero-order valence-corrected chi connectivity index (χ0v) is 23.4. The largest absolute Gasteiger partial charge is 0.468 e. The number of hydrogen-bond acceptors (Lipinski definition) is 5. The summed E-state index contributed by atoms with van der Waals surface area (Å²) in [4.78, 5) is 33.6. The van der Waals surface area contributed by atoms with Gasteiger partial charge in [-0.1, -0.05) is 49.9 Å². The fourth-order valence-electron chi connectivity index (χ4n) is 7.05. The minimum absolute atomic E-state index is 0.0230. The Morgan fingerprint density at radius 2 is 1.79 bits per heavy atom. The number of nitrogens with zero attached hydrogens (tertiary/aromatic N) is 2. The molecule has 0 saturated heterocycles. The Hall–Kier alpha value is -2.90. The van der Waals surface area contributed by atoms with Crippen LogP contribution in [0, 0.1) is 0 Å². The van der Waals surface area contributed by atoms with Crippen LogP contribution in [0.5, 0.6) is 0 Å². The monoisotopic (exact) mass is 545 g/mol. The molecule has 1 aliphatic heterocycles. The molecule has 0 bridgehead atoms. The summed E-state index contributed by atoms with van der Waals surface area (Å²) in [6.45, 7) is 2.36. The summed E-state index contributed by atoms with van der Waals surface area (Å²) in [6, 6.07) is 16.4. The fraction of sp³-hybridized carbons (Fsp3) is 0.500. The van der Waals surface area contributed by atoms with Crippen molar-refractivity contribution in [2.75, 3.05) is 13.1 Å². The van der Waals surface area contributed by atoms with E-state index < -0.39 is 5.92 Å². The topological polar surface area (TPSA) is 65.8 Å². The van der Waals surface area contributed by atoms with E-state index in [2.05, 4.69) is 26.6 Å². The molecule has 2 aromatic heterocycles. The van der Waals surface area contributed by atoms with Gasteiger partial charge >= 0.3 is 0 Å². The molecule has 2 saturated carbocycles. The van der Waals surface area contributed by atoms with Crippen molar-refractivity contribution in [3.8, 4) is 0 Å². The lowest BCUT2D eigenvalue weighted by atomic mass is 9.80. The molecule has 6 rings (SSSR count). The summed E-state index contributed by atoms with van der Waals surface area (Å²) in [5, 5.41) is 5.35. The summed E-state index contributed by atoms with van der Waals surface area (Å²) in [5.41, 5.74) is 1.54. The molecular formula is C32H39N3O3S. The van der Waals surface area contributed by atoms with Crippen LogP contribution in [-0.4, -0.2) is 46.8 Å². The van der Waals surface area contributed by atoms with Gasteiger partial charge in [-0.15, -0.1) is 11.3 Å². The highest BCUT2D eigenvalue weighted by Gasteiger charge is 2.47. The fourth-order valence-corrected chi connectivity index (χ4v) is 7.91. The number of rotatable bonds is 10. The van der Waals surface area contributed by atoms with Gasteiger partial charge in [0.05, 0.1) is 24.8 Å². The van der Waals surface area contributed by atoms with Gasteiger partial charge in [0.25, 0.3) is 5.91 Å². The van der Waals surface area contributed by atoms with Crippen LogP contribution in [0.25, 0.3) is 0 Å². The van der Waals surface area contributed by atoms with E-state index in [0.717, 1.165) is 61.4 Å². The van der Waals surface area contributed by atoms with Gasteiger partial charge in [-0.05, 0) is 67.3 Å². The smallest absolute Gasteiger partial charge is 0.254 e. The lowest BCUT2D eigenvalue weighted by Crippen LogP contribution is -2.50. The average molecular weight is 546 g/mol. The van der Waals surface area contributed by atoms with E-state index in [4.69, 9.17) is 4.42 Å². The van der Waals surface area contributed by atoms with Crippen LogP contribution in [0.4, 0.5) is 0 Å². The average Bonchev–Trinajstić information content (AvgIpc) is 3.78. The first kappa shape index (κ1) is 26.3. The number of thiophene rings is 1. The molecule has 0 radical (unpaired) electrons. The molecule has 2 amide bonds. The van der Waals surface area contributed by atoms with Crippen LogP contribution in [0.1, 0.15) is 96.3 Å². The van der Waals surface area contributed by atoms with E-state index in [-0.39, 0.29) is 23.9 Å². The molecule has 3 aliphatic rings. The van der Waals surface area contributed by atoms with Gasteiger partial charge in [-0.3, -0.25) is 14.5 Å². The molecule has 0 spiro atoms. The Labute approximate surface area is 235 Å². The highest BCUT2D eigenvalue weighted by Crippen LogP contribution is 2.47. The molecule has 2 fully saturated rings. The van der Waals surface area contributed by atoms with Crippen molar-refractivity contribution < 1.29 is 14.0 Å². The molecule has 2 aliphatic carbocycles. The van der Waals surface area contributed by atoms with Gasteiger partial charge in [-0.2, -0.15) is 0 Å². The summed E-state index contributed by atoms with van der Waals surface area (Å²) in [7, 11) is 0. The van der Waals surface area contributed by atoms with Gasteiger partial charge < -0.3 is 14.6 Å². The first-order chi connectivity index (χ1) is 19.2. The van der Waals surface area contributed by atoms with Crippen molar-refractivity contribution in [2.45, 2.75) is 88.4 Å². The minimum Gasteiger partial charge on any atom is -0.468 e. The van der Waals surface area contributed by atoms with Gasteiger partial charge in [0.15, 0.2) is 0 Å². The zero-order chi connectivity index (χ0) is 26.6. The van der Waals surface area contributed by atoms with Crippen molar-refractivity contribution in [1.29, 1.82) is 0 Å². The van der Waals surface area contributed by atoms with Crippen molar-refractivity contribution in [3.63, 3.8) is 0 Å². The third-order valence-electron chi connectivity index (χ3n) is 8.91. The number of furan rings is 1. The summed E-state index contributed by atoms with van der Waals surface area (Å²) in [5.74, 6) is 0.687. The molecule has 2 atom stereocenters. The highest BCUT2D eigenvalue weighted by atomic mass is 32.1. The predicted molar refractivity (Wildman–Crippen MR) is 154 cm³/mol. The summed E-state index contributed by atoms with van der Waals surface area (Å²) >= 11 is 1.65. The van der Waals surface area contributed by atoms with Crippen LogP contribution in [0.15, 0.2) is 64.6 Å². The Bertz CT molecular complexity index is 1230. The molecule has 7 heteroatoms. The highest BCUT2D eigenvalue weighted by molar-refractivity contribution is 7.10. The molecule has 1 aromatic carbocycles. The predicted octanol–water partition coefficient (Wildman–Crippen LogP) is 6.52. The van der Waals surface area contributed by atoms with Crippen molar-refractivity contribution >= 4 is 23.2 Å². The molecule has 3 heterocycles. The van der Waals surface area contributed by atoms with E-state index in [1.165, 1.54) is 25.7 Å². The second-order valence-electron chi connectivity index (χ2n) is 11.3. The molecule has 0 unspecified atom stereocenters. The van der Waals surface area contributed by atoms with Crippen LogP contribution in [0.3, 0.4) is 0 Å². The number of nitrogens with one attached hydrogen (secondary N) is 1. The van der Waals surface area contributed by atoms with Crippen LogP contribution < -0.4 is 5.32 Å². The normalized spacial score (nSPS) is 22.1. The van der Waals surface area contributed by atoms with Crippen LogP contribution in [-0.2, 0) is 11.3 Å². The van der Waals surface area contributed by atoms with E-state index in [1.54, 1.807) is 17.6 Å². The Morgan fingerprint density at radius 3 is 2.54 bits per heavy atom. The molecule has 6 nitrogen and oxygen atoms in total. The van der Waals surface area contributed by atoms with Gasteiger partial charge in [0.2, 0.25) is 5.91 Å². The number of carbonyl (C=O) groups is 2. The molecule has 206 valence electrons. The van der Waals surface area contributed by atoms with Crippen molar-refractivity contribution in [1.82, 2.24) is 15.1 Å². The van der Waals surface area contributed by atoms with Gasteiger partial charge in [0.1, 0.15) is 5.76 Å². The summed E-state index contributed by atoms with van der Waals surface area (Å²) < 4.78 is 5.65. The maximum atomic E-state index is 14.0. The number of carbonyl (C=O) groups excluding carboxylic acids is 2. The van der Waals surface area contributed by atoms with E-state index in [9.17, 15) is 9.59 Å². The minimum atomic E-state index is -0.410. The van der Waals surface area contributed by atoms with Crippen LogP contribution >= 0.6 is 11.3 Å². The third-order valence-corrected chi connectivity index (χ3v) is 9.86. The van der Waals surface area contributed by atoms with Gasteiger partial charge in [0, 0.05) is 35.6 Å². The quantitative estimate of drug-likeness (QED) is 0.295. The lowest BCUT2D eigenvalue weighted by Gasteiger charge is -2.44. The SMILES string of the molecule is O=C(NCCCN(Cc1ccco1)C1CCCC1)[C@H]1c2ccccc2C(=O)N(C2CCCC2)[C@H]1c1cccs1. The molecule has 3 aromatic rings. The van der Waals surface area contributed by atoms with E-state index in [0.29, 0.717) is 18.2 Å². The number of fused-ring (bicyclic) bond motifs is 1. The van der Waals surface area contributed by atoms with Gasteiger partial charge in [-0.25, -0.2) is 0 Å². The van der Waals surface area contributed by atoms with Crippen LogP contribution in [0.2, 0.25) is 0 Å². The third kappa shape index (κ3) is 5.57. The maximum Gasteiger partial charge on any atom is 0.254 e. The van der Waals surface area contributed by atoms with E-state index in [1.807, 2.05) is 42.5 Å². The first-order valence-corrected chi connectivity index (χ1v) is 15.6. The lowest BCUT2D eigenvalue weighted by molar-refractivity contribution is -0.124. The van der Waals surface area contributed by atoms with Crippen molar-refractivity contribution in [3.05, 3.63) is 81.9 Å². The number of hydrogen-bond donors (Lipinski definition) is 1. The summed E-state index contributed by atoms with van der Waals surface area (Å²) in [6.07, 6.45) is 12.0. The standard InChI is InChI=1S/C32H39N3O3S/c36-31(33-18-9-19-34(23-10-1-2-11-23)22-25-14-7-20-38-25)29-26-15-5-6-16-27(26)32(37)35(24-12-3-4-13-24)30(29)28-17-8-21-39-28/h5-8,14-17,20-21,23-24,29-30H,1-4,9-13,18-19,22H2,(H,33,36)/t29-,30-/m0/s1. The Morgan fingerprint density at radius 1 is 1.00 bits per heavy atom. The second kappa shape index (κ2) is 12.1. The Balaban J connectivity index is 1.19.